The van der Waals surface area contributed by atoms with Crippen LogP contribution < -0.4 is 10.6 Å². The van der Waals surface area contributed by atoms with Crippen molar-refractivity contribution in [3.63, 3.8) is 0 Å². The lowest BCUT2D eigenvalue weighted by Crippen LogP contribution is -2.27. The van der Waals surface area contributed by atoms with Crippen molar-refractivity contribution in [3.8, 4) is 0 Å². The number of benzene rings is 2. The molecule has 1 atom stereocenters. The standard InChI is InChI=1S/C25H22N6O2S/c1-14-4-2-3-5-19(14)30-25(32)33-17-7-8-18-21(11-17)34-24-22(18)23(26-13-27-24)29-16-6-9-20-15(10-16)12-28-31-20/h2-6,9-10,12-13,17H,7-8,11H2,1H3,(H,28,31)(H,30,32)(H,26,27,29). The quantitative estimate of drug-likeness (QED) is 0.310. The summed E-state index contributed by atoms with van der Waals surface area (Å²) in [5.74, 6) is 0.794. The third-order valence-electron chi connectivity index (χ3n) is 6.16. The van der Waals surface area contributed by atoms with Crippen LogP contribution >= 0.6 is 11.3 Å². The number of carbonyl (C=O) groups excluding carboxylic acids is 1. The van der Waals surface area contributed by atoms with Crippen LogP contribution in [-0.2, 0) is 17.6 Å². The Bertz CT molecular complexity index is 1520. The maximum Gasteiger partial charge on any atom is 0.411 e. The highest BCUT2D eigenvalue weighted by Crippen LogP contribution is 2.39. The number of amides is 1. The molecule has 3 aromatic heterocycles. The fourth-order valence-electron chi connectivity index (χ4n) is 4.44. The third-order valence-corrected chi connectivity index (χ3v) is 7.32. The summed E-state index contributed by atoms with van der Waals surface area (Å²) < 4.78 is 5.76. The van der Waals surface area contributed by atoms with Crippen LogP contribution in [0.1, 0.15) is 22.4 Å². The highest BCUT2D eigenvalue weighted by molar-refractivity contribution is 7.19. The molecule has 1 amide bonds. The number of carbonyl (C=O) groups is 1. The number of aryl methyl sites for hydroxylation is 2. The Kier molecular flexibility index (Phi) is 5.10. The van der Waals surface area contributed by atoms with Crippen LogP contribution in [0.3, 0.4) is 0 Å². The van der Waals surface area contributed by atoms with Crippen molar-refractivity contribution >= 4 is 55.7 Å². The van der Waals surface area contributed by atoms with Crippen molar-refractivity contribution in [1.82, 2.24) is 20.2 Å². The molecule has 2 aromatic carbocycles. The van der Waals surface area contributed by atoms with Crippen molar-refractivity contribution in [1.29, 1.82) is 0 Å². The highest BCUT2D eigenvalue weighted by atomic mass is 32.1. The summed E-state index contributed by atoms with van der Waals surface area (Å²) in [6.45, 7) is 1.96. The van der Waals surface area contributed by atoms with Crippen molar-refractivity contribution in [2.45, 2.75) is 32.3 Å². The molecule has 0 bridgehead atoms. The first-order valence-corrected chi connectivity index (χ1v) is 11.9. The molecule has 0 spiro atoms. The molecule has 1 aliphatic rings. The zero-order chi connectivity index (χ0) is 23.1. The number of thiophene rings is 1. The summed E-state index contributed by atoms with van der Waals surface area (Å²) in [5, 5.41) is 15.5. The zero-order valence-electron chi connectivity index (χ0n) is 18.5. The van der Waals surface area contributed by atoms with Crippen LogP contribution in [0.15, 0.2) is 55.0 Å². The molecule has 3 N–H and O–H groups in total. The lowest BCUT2D eigenvalue weighted by molar-refractivity contribution is 0.103. The van der Waals surface area contributed by atoms with Gasteiger partial charge in [0, 0.05) is 28.1 Å². The number of hydrogen-bond acceptors (Lipinski definition) is 7. The van der Waals surface area contributed by atoms with Gasteiger partial charge in [0.25, 0.3) is 0 Å². The van der Waals surface area contributed by atoms with Gasteiger partial charge in [0.05, 0.1) is 17.1 Å². The van der Waals surface area contributed by atoms with Gasteiger partial charge in [-0.15, -0.1) is 11.3 Å². The third kappa shape index (κ3) is 3.84. The van der Waals surface area contributed by atoms with Gasteiger partial charge in [-0.05, 0) is 55.2 Å². The fraction of sp³-hybridized carbons (Fsp3) is 0.200. The summed E-state index contributed by atoms with van der Waals surface area (Å²) in [7, 11) is 0. The Morgan fingerprint density at radius 1 is 1.21 bits per heavy atom. The minimum absolute atomic E-state index is 0.169. The van der Waals surface area contributed by atoms with Crippen LogP contribution in [0, 0.1) is 6.92 Å². The number of aromatic nitrogens is 4. The maximum absolute atomic E-state index is 12.5. The summed E-state index contributed by atoms with van der Waals surface area (Å²) in [6, 6.07) is 13.7. The van der Waals surface area contributed by atoms with Crippen molar-refractivity contribution in [3.05, 3.63) is 71.0 Å². The lowest BCUT2D eigenvalue weighted by atomic mass is 9.94. The molecule has 0 fully saturated rings. The van der Waals surface area contributed by atoms with Crippen LogP contribution in [-0.4, -0.2) is 32.4 Å². The molecule has 170 valence electrons. The predicted molar refractivity (Wildman–Crippen MR) is 134 cm³/mol. The highest BCUT2D eigenvalue weighted by Gasteiger charge is 2.27. The topological polar surface area (TPSA) is 105 Å². The second-order valence-corrected chi connectivity index (χ2v) is 9.50. The monoisotopic (exact) mass is 470 g/mol. The number of anilines is 3. The van der Waals surface area contributed by atoms with Crippen LogP contribution in [0.2, 0.25) is 0 Å². The molecule has 5 aromatic rings. The number of para-hydroxylation sites is 1. The van der Waals surface area contributed by atoms with Gasteiger partial charge in [-0.3, -0.25) is 10.4 Å². The van der Waals surface area contributed by atoms with Gasteiger partial charge in [0.15, 0.2) is 0 Å². The van der Waals surface area contributed by atoms with E-state index in [2.05, 4.69) is 30.8 Å². The molecule has 0 radical (unpaired) electrons. The fourth-order valence-corrected chi connectivity index (χ4v) is 5.69. The van der Waals surface area contributed by atoms with E-state index in [0.29, 0.717) is 6.42 Å². The number of nitrogens with zero attached hydrogens (tertiary/aromatic N) is 3. The largest absolute Gasteiger partial charge is 0.446 e. The first kappa shape index (κ1) is 20.6. The molecule has 8 nitrogen and oxygen atoms in total. The lowest BCUT2D eigenvalue weighted by Gasteiger charge is -2.23. The Hall–Kier alpha value is -3.98. The molecule has 0 saturated carbocycles. The van der Waals surface area contributed by atoms with Gasteiger partial charge < -0.3 is 10.1 Å². The van der Waals surface area contributed by atoms with Gasteiger partial charge in [0.2, 0.25) is 0 Å². The van der Waals surface area contributed by atoms with Gasteiger partial charge in [-0.2, -0.15) is 5.10 Å². The Morgan fingerprint density at radius 3 is 3.03 bits per heavy atom. The first-order chi connectivity index (χ1) is 16.6. The number of fused-ring (bicyclic) bond motifs is 4. The van der Waals surface area contributed by atoms with Crippen molar-refractivity contribution < 1.29 is 9.53 Å². The number of H-pyrrole nitrogens is 1. The number of rotatable bonds is 4. The number of aromatic amines is 1. The van der Waals surface area contributed by atoms with Crippen molar-refractivity contribution in [2.24, 2.45) is 0 Å². The second kappa shape index (κ2) is 8.42. The molecular formula is C25H22N6O2S. The van der Waals surface area contributed by atoms with E-state index in [1.165, 1.54) is 10.4 Å². The minimum Gasteiger partial charge on any atom is -0.446 e. The van der Waals surface area contributed by atoms with Crippen LogP contribution in [0.4, 0.5) is 22.0 Å². The van der Waals surface area contributed by atoms with E-state index in [1.807, 2.05) is 49.4 Å². The summed E-state index contributed by atoms with van der Waals surface area (Å²) in [5.41, 5.74) is 4.94. The molecule has 3 heterocycles. The van der Waals surface area contributed by atoms with E-state index >= 15 is 0 Å². The number of ether oxygens (including phenoxy) is 1. The van der Waals surface area contributed by atoms with Crippen LogP contribution in [0.5, 0.6) is 0 Å². The molecule has 0 aliphatic heterocycles. The zero-order valence-corrected chi connectivity index (χ0v) is 19.3. The smallest absolute Gasteiger partial charge is 0.411 e. The average Bonchev–Trinajstić information content (AvgIpc) is 3.44. The SMILES string of the molecule is Cc1ccccc1NC(=O)OC1CCc2c(sc3ncnc(Nc4ccc5[nH]ncc5c4)c23)C1. The van der Waals surface area contributed by atoms with Gasteiger partial charge in [-0.25, -0.2) is 14.8 Å². The molecule has 0 saturated heterocycles. The maximum atomic E-state index is 12.5. The number of nitrogens with one attached hydrogen (secondary N) is 3. The van der Waals surface area contributed by atoms with Gasteiger partial charge >= 0.3 is 6.09 Å². The Labute approximate surface area is 199 Å². The van der Waals surface area contributed by atoms with E-state index in [1.54, 1.807) is 23.9 Å². The van der Waals surface area contributed by atoms with Gasteiger partial charge in [0.1, 0.15) is 23.1 Å². The van der Waals surface area contributed by atoms with E-state index in [0.717, 1.165) is 56.7 Å². The van der Waals surface area contributed by atoms with Gasteiger partial charge in [-0.1, -0.05) is 18.2 Å². The summed E-state index contributed by atoms with van der Waals surface area (Å²) >= 11 is 1.65. The molecular weight excluding hydrogens is 448 g/mol. The number of hydrogen-bond donors (Lipinski definition) is 3. The molecule has 9 heteroatoms. The summed E-state index contributed by atoms with van der Waals surface area (Å²) in [4.78, 5) is 23.7. The Morgan fingerprint density at radius 2 is 2.12 bits per heavy atom. The summed E-state index contributed by atoms with van der Waals surface area (Å²) in [6.07, 6.45) is 5.05. The van der Waals surface area contributed by atoms with Crippen molar-refractivity contribution in [2.75, 3.05) is 10.6 Å². The molecule has 1 aliphatic carbocycles. The second-order valence-electron chi connectivity index (χ2n) is 8.41. The molecule has 34 heavy (non-hydrogen) atoms. The predicted octanol–water partition coefficient (Wildman–Crippen LogP) is 5.73. The molecule has 6 rings (SSSR count). The van der Waals surface area contributed by atoms with E-state index in [9.17, 15) is 4.79 Å². The van der Waals surface area contributed by atoms with E-state index in [4.69, 9.17) is 4.74 Å². The van der Waals surface area contributed by atoms with E-state index < -0.39 is 6.09 Å². The normalized spacial score (nSPS) is 15.3. The molecule has 1 unspecified atom stereocenters. The minimum atomic E-state index is -0.416. The first-order valence-electron chi connectivity index (χ1n) is 11.1. The van der Waals surface area contributed by atoms with E-state index in [-0.39, 0.29) is 6.10 Å². The average molecular weight is 471 g/mol. The van der Waals surface area contributed by atoms with Crippen LogP contribution in [0.25, 0.3) is 21.1 Å². The Balaban J connectivity index is 1.22.